The molecule has 1 aliphatic rings. The Hall–Kier alpha value is -2.58. The van der Waals surface area contributed by atoms with E-state index in [1.807, 2.05) is 50.4 Å². The first kappa shape index (κ1) is 27.5. The van der Waals surface area contributed by atoms with Crippen molar-refractivity contribution >= 4 is 58.6 Å². The molecule has 0 saturated carbocycles. The molecular formula is C28H29Cl2FN4OS. The van der Waals surface area contributed by atoms with Crippen LogP contribution in [0.2, 0.25) is 10.0 Å². The van der Waals surface area contributed by atoms with Gasteiger partial charge in [0.05, 0.1) is 26.3 Å². The van der Waals surface area contributed by atoms with Crippen molar-refractivity contribution < 1.29 is 9.18 Å². The van der Waals surface area contributed by atoms with E-state index in [0.29, 0.717) is 54.0 Å². The normalized spacial score (nSPS) is 14.4. The van der Waals surface area contributed by atoms with Crippen LogP contribution in [0.5, 0.6) is 0 Å². The van der Waals surface area contributed by atoms with Crippen LogP contribution >= 0.6 is 35.1 Å². The minimum absolute atomic E-state index is 0.173. The number of halogens is 3. The fourth-order valence-electron chi connectivity index (χ4n) is 4.11. The van der Waals surface area contributed by atoms with Crippen LogP contribution in [0.25, 0.3) is 0 Å². The third-order valence-electron chi connectivity index (χ3n) is 6.18. The number of amides is 1. The van der Waals surface area contributed by atoms with Crippen LogP contribution in [-0.2, 0) is 6.54 Å². The van der Waals surface area contributed by atoms with Gasteiger partial charge in [-0.05, 0) is 66.8 Å². The van der Waals surface area contributed by atoms with E-state index < -0.39 is 5.82 Å². The molecule has 0 aromatic heterocycles. The summed E-state index contributed by atoms with van der Waals surface area (Å²) in [5.74, 6) is -0.646. The Balaban J connectivity index is 1.35. The summed E-state index contributed by atoms with van der Waals surface area (Å²) in [7, 11) is 0. The van der Waals surface area contributed by atoms with E-state index in [1.54, 1.807) is 23.1 Å². The number of nitrogens with zero attached hydrogens (tertiary/aromatic N) is 3. The predicted octanol–water partition coefficient (Wildman–Crippen LogP) is 7.63. The zero-order valence-electron chi connectivity index (χ0n) is 20.8. The van der Waals surface area contributed by atoms with Gasteiger partial charge in [-0.2, -0.15) is 0 Å². The van der Waals surface area contributed by atoms with E-state index in [4.69, 9.17) is 23.2 Å². The number of aryl methyl sites for hydroxylation is 1. The fraction of sp³-hybridized carbons (Fsp3) is 0.286. The summed E-state index contributed by atoms with van der Waals surface area (Å²) in [4.78, 5) is 22.5. The lowest BCUT2D eigenvalue weighted by molar-refractivity contribution is 0.0628. The highest BCUT2D eigenvalue weighted by Crippen LogP contribution is 2.34. The summed E-state index contributed by atoms with van der Waals surface area (Å²) in [5, 5.41) is 1.10. The molecule has 1 amide bonds. The first-order chi connectivity index (χ1) is 17.9. The van der Waals surface area contributed by atoms with E-state index in [0.717, 1.165) is 28.1 Å². The number of rotatable bonds is 8. The molecular weight excluding hydrogens is 530 g/mol. The maximum absolute atomic E-state index is 14.9. The van der Waals surface area contributed by atoms with Gasteiger partial charge >= 0.3 is 0 Å². The Morgan fingerprint density at radius 3 is 2.59 bits per heavy atom. The Labute approximate surface area is 231 Å². The van der Waals surface area contributed by atoms with Crippen LogP contribution in [0, 0.1) is 12.7 Å². The highest BCUT2D eigenvalue weighted by atomic mass is 35.5. The number of hydrogen-bond acceptors (Lipinski definition) is 5. The van der Waals surface area contributed by atoms with Crippen molar-refractivity contribution in [2.45, 2.75) is 31.7 Å². The van der Waals surface area contributed by atoms with Gasteiger partial charge in [-0.15, -0.1) is 0 Å². The standard InChI is InChI=1S/C28H29Cl2FN4OS/c1-3-12-32-27-19(2)6-4-9-25(27)37-33-24-11-10-20(17-23(24)31)28(36)35-15-13-34(14-16-35)18-21-7-5-8-22(29)26(21)30/h4-12,17,33H,3,13-16,18H2,1-2H3/b32-12-. The average Bonchev–Trinajstić information content (AvgIpc) is 2.90. The monoisotopic (exact) mass is 558 g/mol. The van der Waals surface area contributed by atoms with E-state index in [1.165, 1.54) is 18.0 Å². The molecule has 3 aromatic rings. The number of nitrogens with one attached hydrogen (secondary N) is 1. The van der Waals surface area contributed by atoms with Gasteiger partial charge in [0.1, 0.15) is 5.82 Å². The molecule has 0 radical (unpaired) electrons. The topological polar surface area (TPSA) is 47.9 Å². The lowest BCUT2D eigenvalue weighted by atomic mass is 10.1. The van der Waals surface area contributed by atoms with Crippen molar-refractivity contribution in [1.29, 1.82) is 0 Å². The number of carbonyl (C=O) groups excluding carboxylic acids is 1. The zero-order chi connectivity index (χ0) is 26.4. The summed E-state index contributed by atoms with van der Waals surface area (Å²) in [6.45, 7) is 7.22. The van der Waals surface area contributed by atoms with E-state index >= 15 is 0 Å². The number of aliphatic imine (C=N–C) groups is 1. The number of benzene rings is 3. The molecule has 1 heterocycles. The molecule has 1 fully saturated rings. The largest absolute Gasteiger partial charge is 0.336 e. The molecule has 0 unspecified atom stereocenters. The second kappa shape index (κ2) is 12.8. The lowest BCUT2D eigenvalue weighted by Crippen LogP contribution is -2.48. The van der Waals surface area contributed by atoms with Crippen molar-refractivity contribution in [2.75, 3.05) is 30.9 Å². The van der Waals surface area contributed by atoms with Crippen molar-refractivity contribution in [3.05, 3.63) is 87.2 Å². The zero-order valence-corrected chi connectivity index (χ0v) is 23.1. The van der Waals surface area contributed by atoms with E-state index in [2.05, 4.69) is 14.6 Å². The van der Waals surface area contributed by atoms with Crippen molar-refractivity contribution in [2.24, 2.45) is 4.99 Å². The SMILES string of the molecule is CC/C=N\c1c(C)cccc1SNc1ccc(C(=O)N2CCN(Cc3cccc(Cl)c3Cl)CC2)cc1F. The quantitative estimate of drug-likeness (QED) is 0.228. The molecule has 1 saturated heterocycles. The van der Waals surface area contributed by atoms with Gasteiger partial charge in [-0.25, -0.2) is 4.39 Å². The number of anilines is 1. The van der Waals surface area contributed by atoms with Gasteiger partial charge in [-0.1, -0.05) is 54.4 Å². The number of para-hydroxylation sites is 1. The van der Waals surface area contributed by atoms with Crippen LogP contribution < -0.4 is 4.72 Å². The molecule has 0 spiro atoms. The summed E-state index contributed by atoms with van der Waals surface area (Å²) >= 11 is 13.7. The lowest BCUT2D eigenvalue weighted by Gasteiger charge is -2.35. The summed E-state index contributed by atoms with van der Waals surface area (Å²) in [5.41, 5.74) is 3.53. The van der Waals surface area contributed by atoms with Crippen LogP contribution in [0.15, 0.2) is 64.5 Å². The molecule has 194 valence electrons. The minimum atomic E-state index is -0.473. The molecule has 9 heteroatoms. The molecule has 3 aromatic carbocycles. The van der Waals surface area contributed by atoms with E-state index in [9.17, 15) is 9.18 Å². The number of carbonyl (C=O) groups is 1. The fourth-order valence-corrected chi connectivity index (χ4v) is 5.33. The van der Waals surface area contributed by atoms with Gasteiger partial charge in [-0.3, -0.25) is 14.7 Å². The second-order valence-electron chi connectivity index (χ2n) is 8.82. The molecule has 4 rings (SSSR count). The highest BCUT2D eigenvalue weighted by Gasteiger charge is 2.23. The van der Waals surface area contributed by atoms with Gasteiger partial charge in [0.15, 0.2) is 0 Å². The molecule has 1 N–H and O–H groups in total. The smallest absolute Gasteiger partial charge is 0.254 e. The molecule has 5 nitrogen and oxygen atoms in total. The molecule has 1 aliphatic heterocycles. The van der Waals surface area contributed by atoms with Crippen molar-refractivity contribution in [3.63, 3.8) is 0 Å². The summed E-state index contributed by atoms with van der Waals surface area (Å²) in [6, 6.07) is 16.1. The Morgan fingerprint density at radius 2 is 1.86 bits per heavy atom. The van der Waals surface area contributed by atoms with Crippen LogP contribution in [0.3, 0.4) is 0 Å². The van der Waals surface area contributed by atoms with E-state index in [-0.39, 0.29) is 5.91 Å². The maximum atomic E-state index is 14.9. The summed E-state index contributed by atoms with van der Waals surface area (Å²) < 4.78 is 18.0. The van der Waals surface area contributed by atoms with Gasteiger partial charge in [0.2, 0.25) is 0 Å². The Bertz CT molecular complexity index is 1300. The second-order valence-corrected chi connectivity index (χ2v) is 10.5. The number of hydrogen-bond donors (Lipinski definition) is 1. The van der Waals surface area contributed by atoms with Gasteiger partial charge in [0.25, 0.3) is 5.91 Å². The van der Waals surface area contributed by atoms with Gasteiger partial charge < -0.3 is 9.62 Å². The van der Waals surface area contributed by atoms with Gasteiger partial charge in [0, 0.05) is 44.5 Å². The third kappa shape index (κ3) is 6.85. The summed E-state index contributed by atoms with van der Waals surface area (Å²) in [6.07, 6.45) is 2.70. The van der Waals surface area contributed by atoms with Crippen LogP contribution in [0.4, 0.5) is 15.8 Å². The molecule has 0 aliphatic carbocycles. The Morgan fingerprint density at radius 1 is 1.11 bits per heavy atom. The van der Waals surface area contributed by atoms with Crippen LogP contribution in [0.1, 0.15) is 34.8 Å². The molecule has 37 heavy (non-hydrogen) atoms. The maximum Gasteiger partial charge on any atom is 0.254 e. The van der Waals surface area contributed by atoms with Crippen molar-refractivity contribution in [1.82, 2.24) is 9.80 Å². The first-order valence-corrected chi connectivity index (χ1v) is 13.7. The van der Waals surface area contributed by atoms with Crippen LogP contribution in [-0.4, -0.2) is 48.1 Å². The third-order valence-corrected chi connectivity index (χ3v) is 7.91. The number of piperazine rings is 1. The minimum Gasteiger partial charge on any atom is -0.336 e. The predicted molar refractivity (Wildman–Crippen MR) is 153 cm³/mol. The molecule has 0 atom stereocenters. The first-order valence-electron chi connectivity index (χ1n) is 12.2. The molecule has 0 bridgehead atoms. The average molecular weight is 560 g/mol. The highest BCUT2D eigenvalue weighted by molar-refractivity contribution is 8.00. The van der Waals surface area contributed by atoms with Crippen molar-refractivity contribution in [3.8, 4) is 0 Å². The Kier molecular flexibility index (Phi) is 9.49.